The van der Waals surface area contributed by atoms with E-state index in [0.717, 1.165) is 0 Å². The van der Waals surface area contributed by atoms with E-state index in [1.54, 1.807) is 0 Å². The van der Waals surface area contributed by atoms with Gasteiger partial charge in [0.15, 0.2) is 0 Å². The summed E-state index contributed by atoms with van der Waals surface area (Å²) in [6, 6.07) is 19.3. The minimum Gasteiger partial charge on any atom is -0.355 e. The normalized spacial score (nSPS) is 22.6. The van der Waals surface area contributed by atoms with E-state index in [1.165, 1.54) is 16.1 Å². The number of benzene rings is 2. The van der Waals surface area contributed by atoms with Crippen LogP contribution in [0.2, 0.25) is 0 Å². The standard InChI is InChI=1S/C15H15NS/c1-15(12-8-4-3-5-9-12)16(2)13-10-6-7-11-14(13)17-15/h3-11H,1-2H3. The summed E-state index contributed by atoms with van der Waals surface area (Å²) < 4.78 is 0. The van der Waals surface area contributed by atoms with E-state index in [9.17, 15) is 0 Å². The van der Waals surface area contributed by atoms with Crippen molar-refractivity contribution in [3.63, 3.8) is 0 Å². The first-order valence-corrected chi connectivity index (χ1v) is 6.61. The first kappa shape index (κ1) is 10.7. The zero-order valence-electron chi connectivity index (χ0n) is 10.1. The largest absolute Gasteiger partial charge is 0.355 e. The maximum atomic E-state index is 2.36. The number of rotatable bonds is 1. The molecule has 0 aliphatic carbocycles. The van der Waals surface area contributed by atoms with Gasteiger partial charge in [0.05, 0.1) is 5.69 Å². The van der Waals surface area contributed by atoms with Gasteiger partial charge >= 0.3 is 0 Å². The average Bonchev–Trinajstić information content (AvgIpc) is 2.65. The molecule has 0 bridgehead atoms. The van der Waals surface area contributed by atoms with Gasteiger partial charge in [-0.3, -0.25) is 0 Å². The van der Waals surface area contributed by atoms with Crippen molar-refractivity contribution in [1.29, 1.82) is 0 Å². The topological polar surface area (TPSA) is 3.24 Å². The summed E-state index contributed by atoms with van der Waals surface area (Å²) in [4.78, 5) is 3.73. The molecule has 2 heteroatoms. The van der Waals surface area contributed by atoms with Crippen LogP contribution in [0, 0.1) is 0 Å². The van der Waals surface area contributed by atoms with Gasteiger partial charge in [-0.2, -0.15) is 0 Å². The summed E-state index contributed by atoms with van der Waals surface area (Å²) in [7, 11) is 2.17. The second kappa shape index (κ2) is 3.81. The van der Waals surface area contributed by atoms with Crippen molar-refractivity contribution in [3.05, 3.63) is 60.2 Å². The van der Waals surface area contributed by atoms with Gasteiger partial charge in [0.2, 0.25) is 0 Å². The van der Waals surface area contributed by atoms with Crippen LogP contribution in [0.4, 0.5) is 5.69 Å². The summed E-state index contributed by atoms with van der Waals surface area (Å²) in [6.45, 7) is 2.28. The number of anilines is 1. The van der Waals surface area contributed by atoms with Gasteiger partial charge in [-0.15, -0.1) is 0 Å². The first-order chi connectivity index (χ1) is 8.22. The van der Waals surface area contributed by atoms with E-state index in [2.05, 4.69) is 73.5 Å². The fourth-order valence-electron chi connectivity index (χ4n) is 2.33. The van der Waals surface area contributed by atoms with Gasteiger partial charge < -0.3 is 4.90 Å². The lowest BCUT2D eigenvalue weighted by molar-refractivity contribution is 0.685. The molecule has 0 spiro atoms. The maximum absolute atomic E-state index is 2.36. The smallest absolute Gasteiger partial charge is 0.113 e. The van der Waals surface area contributed by atoms with E-state index in [1.807, 2.05) is 11.8 Å². The van der Waals surface area contributed by atoms with Crippen LogP contribution in [0.1, 0.15) is 12.5 Å². The summed E-state index contributed by atoms with van der Waals surface area (Å²) in [6.07, 6.45) is 0. The van der Waals surface area contributed by atoms with E-state index < -0.39 is 0 Å². The molecule has 2 aromatic carbocycles. The molecule has 0 saturated carbocycles. The highest BCUT2D eigenvalue weighted by molar-refractivity contribution is 8.00. The number of hydrogen-bond acceptors (Lipinski definition) is 2. The van der Waals surface area contributed by atoms with Crippen LogP contribution < -0.4 is 4.90 Å². The van der Waals surface area contributed by atoms with Gasteiger partial charge in [0, 0.05) is 11.9 Å². The SMILES string of the molecule is CN1c2ccccc2SC1(C)c1ccccc1. The Bertz CT molecular complexity index is 538. The van der Waals surface area contributed by atoms with Crippen LogP contribution in [0.15, 0.2) is 59.5 Å². The second-order valence-corrected chi connectivity index (χ2v) is 5.92. The molecule has 0 amide bonds. The molecule has 3 rings (SSSR count). The van der Waals surface area contributed by atoms with E-state index in [4.69, 9.17) is 0 Å². The molecule has 1 atom stereocenters. The third kappa shape index (κ3) is 1.55. The molecule has 0 N–H and O–H groups in total. The average molecular weight is 241 g/mol. The number of fused-ring (bicyclic) bond motifs is 1. The van der Waals surface area contributed by atoms with Crippen LogP contribution in [0.3, 0.4) is 0 Å². The van der Waals surface area contributed by atoms with Crippen LogP contribution in [0.25, 0.3) is 0 Å². The predicted octanol–water partition coefficient (Wildman–Crippen LogP) is 4.10. The lowest BCUT2D eigenvalue weighted by Gasteiger charge is -2.33. The Morgan fingerprint density at radius 2 is 1.59 bits per heavy atom. The van der Waals surface area contributed by atoms with Gasteiger partial charge in [0.1, 0.15) is 4.87 Å². The highest BCUT2D eigenvalue weighted by Crippen LogP contribution is 2.54. The Morgan fingerprint density at radius 3 is 2.29 bits per heavy atom. The molecule has 0 aromatic heterocycles. The Labute approximate surface area is 106 Å². The molecule has 1 unspecified atom stereocenters. The highest BCUT2D eigenvalue weighted by Gasteiger charge is 2.39. The van der Waals surface area contributed by atoms with Crippen LogP contribution >= 0.6 is 11.8 Å². The molecule has 0 saturated heterocycles. The molecule has 1 aliphatic heterocycles. The van der Waals surface area contributed by atoms with Crippen molar-refractivity contribution < 1.29 is 0 Å². The zero-order chi connectivity index (χ0) is 11.9. The molecular formula is C15H15NS. The van der Waals surface area contributed by atoms with Crippen LogP contribution in [0.5, 0.6) is 0 Å². The third-order valence-electron chi connectivity index (χ3n) is 3.48. The highest BCUT2D eigenvalue weighted by atomic mass is 32.2. The Balaban J connectivity index is 2.09. The minimum atomic E-state index is 0.00491. The van der Waals surface area contributed by atoms with Crippen LogP contribution in [-0.2, 0) is 4.87 Å². The first-order valence-electron chi connectivity index (χ1n) is 5.79. The molecule has 0 fully saturated rings. The molecule has 1 nitrogen and oxygen atoms in total. The fourth-order valence-corrected chi connectivity index (χ4v) is 3.71. The summed E-state index contributed by atoms with van der Waals surface area (Å²) >= 11 is 1.93. The fraction of sp³-hybridized carbons (Fsp3) is 0.200. The number of nitrogens with zero attached hydrogens (tertiary/aromatic N) is 1. The molecule has 1 aliphatic rings. The zero-order valence-corrected chi connectivity index (χ0v) is 10.9. The lowest BCUT2D eigenvalue weighted by atomic mass is 10.1. The van der Waals surface area contributed by atoms with Gasteiger partial charge in [0.25, 0.3) is 0 Å². The van der Waals surface area contributed by atoms with Crippen molar-refractivity contribution in [2.45, 2.75) is 16.7 Å². The summed E-state index contributed by atoms with van der Waals surface area (Å²) in [5.41, 5.74) is 2.67. The third-order valence-corrected chi connectivity index (χ3v) is 4.96. The van der Waals surface area contributed by atoms with Crippen molar-refractivity contribution in [2.75, 3.05) is 11.9 Å². The molecule has 86 valence electrons. The quantitative estimate of drug-likeness (QED) is 0.739. The predicted molar refractivity (Wildman–Crippen MR) is 74.5 cm³/mol. The summed E-state index contributed by atoms with van der Waals surface area (Å²) in [5, 5.41) is 0. The number of hydrogen-bond donors (Lipinski definition) is 0. The van der Waals surface area contributed by atoms with E-state index in [-0.39, 0.29) is 4.87 Å². The Kier molecular flexibility index (Phi) is 2.40. The minimum absolute atomic E-state index is 0.00491. The molecule has 0 radical (unpaired) electrons. The van der Waals surface area contributed by atoms with Gasteiger partial charge in [-0.05, 0) is 24.6 Å². The number of thioether (sulfide) groups is 1. The second-order valence-electron chi connectivity index (χ2n) is 4.48. The maximum Gasteiger partial charge on any atom is 0.113 e. The van der Waals surface area contributed by atoms with E-state index >= 15 is 0 Å². The molecule has 1 heterocycles. The van der Waals surface area contributed by atoms with Crippen molar-refractivity contribution >= 4 is 17.4 Å². The Morgan fingerprint density at radius 1 is 0.941 bits per heavy atom. The number of para-hydroxylation sites is 1. The van der Waals surface area contributed by atoms with Gasteiger partial charge in [-0.25, -0.2) is 0 Å². The van der Waals surface area contributed by atoms with E-state index in [0.29, 0.717) is 0 Å². The Hall–Kier alpha value is -1.41. The van der Waals surface area contributed by atoms with Crippen molar-refractivity contribution in [2.24, 2.45) is 0 Å². The monoisotopic (exact) mass is 241 g/mol. The summed E-state index contributed by atoms with van der Waals surface area (Å²) in [5.74, 6) is 0. The molecule has 17 heavy (non-hydrogen) atoms. The molecule has 2 aromatic rings. The molecular weight excluding hydrogens is 226 g/mol. The van der Waals surface area contributed by atoms with Crippen LogP contribution in [-0.4, -0.2) is 7.05 Å². The lowest BCUT2D eigenvalue weighted by Crippen LogP contribution is -2.34. The van der Waals surface area contributed by atoms with Crippen molar-refractivity contribution in [3.8, 4) is 0 Å². The van der Waals surface area contributed by atoms with Gasteiger partial charge in [-0.1, -0.05) is 54.2 Å². The van der Waals surface area contributed by atoms with Crippen molar-refractivity contribution in [1.82, 2.24) is 0 Å².